The summed E-state index contributed by atoms with van der Waals surface area (Å²) in [6.07, 6.45) is 2.17. The first-order valence-electron chi connectivity index (χ1n) is 6.09. The number of amides is 2. The molecule has 1 heterocycles. The Kier molecular flexibility index (Phi) is 3.98. The van der Waals surface area contributed by atoms with Crippen LogP contribution in [0.2, 0.25) is 0 Å². The number of carbonyl (C=O) groups is 1. The van der Waals surface area contributed by atoms with Gasteiger partial charge in [-0.2, -0.15) is 0 Å². The van der Waals surface area contributed by atoms with Crippen LogP contribution in [0.4, 0.5) is 10.5 Å². The molecule has 0 saturated carbocycles. The minimum absolute atomic E-state index is 0.121. The van der Waals surface area contributed by atoms with Gasteiger partial charge in [-0.05, 0) is 44.0 Å². The summed E-state index contributed by atoms with van der Waals surface area (Å²) >= 11 is 0. The highest BCUT2D eigenvalue weighted by Crippen LogP contribution is 2.09. The molecule has 0 bridgehead atoms. The van der Waals surface area contributed by atoms with Crippen molar-refractivity contribution >= 4 is 11.7 Å². The molecule has 4 nitrogen and oxygen atoms in total. The summed E-state index contributed by atoms with van der Waals surface area (Å²) in [6, 6.07) is 7.92. The van der Waals surface area contributed by atoms with Crippen molar-refractivity contribution in [3.63, 3.8) is 0 Å². The standard InChI is InChI=1S/C13H19N3O/c1-10-4-2-5-11(8-10)15-13(17)16-12-6-3-7-14-9-12/h2,4-5,8,12,14H,3,6-7,9H2,1H3,(H2,15,16,17). The second kappa shape index (κ2) is 5.68. The van der Waals surface area contributed by atoms with Crippen LogP contribution in [0.3, 0.4) is 0 Å². The number of hydrogen-bond acceptors (Lipinski definition) is 2. The van der Waals surface area contributed by atoms with E-state index in [1.807, 2.05) is 31.2 Å². The van der Waals surface area contributed by atoms with Crippen molar-refractivity contribution < 1.29 is 4.79 Å². The molecule has 4 heteroatoms. The molecular weight excluding hydrogens is 214 g/mol. The maximum absolute atomic E-state index is 11.7. The Morgan fingerprint density at radius 2 is 2.35 bits per heavy atom. The van der Waals surface area contributed by atoms with Gasteiger partial charge >= 0.3 is 6.03 Å². The summed E-state index contributed by atoms with van der Waals surface area (Å²) in [6.45, 7) is 3.92. The second-order valence-corrected chi connectivity index (χ2v) is 4.51. The topological polar surface area (TPSA) is 53.2 Å². The van der Waals surface area contributed by atoms with Gasteiger partial charge in [-0.25, -0.2) is 4.79 Å². The molecule has 0 spiro atoms. The fraction of sp³-hybridized carbons (Fsp3) is 0.462. The quantitative estimate of drug-likeness (QED) is 0.730. The third kappa shape index (κ3) is 3.75. The Labute approximate surface area is 102 Å². The zero-order valence-electron chi connectivity index (χ0n) is 10.1. The molecule has 1 saturated heterocycles. The normalized spacial score (nSPS) is 19.7. The van der Waals surface area contributed by atoms with Gasteiger partial charge in [-0.3, -0.25) is 0 Å². The summed E-state index contributed by atoms with van der Waals surface area (Å²) in [4.78, 5) is 11.7. The molecule has 17 heavy (non-hydrogen) atoms. The van der Waals surface area contributed by atoms with Gasteiger partial charge in [0.25, 0.3) is 0 Å². The van der Waals surface area contributed by atoms with Gasteiger partial charge in [-0.15, -0.1) is 0 Å². The van der Waals surface area contributed by atoms with E-state index in [1.165, 1.54) is 0 Å². The van der Waals surface area contributed by atoms with E-state index in [1.54, 1.807) is 0 Å². The first kappa shape index (κ1) is 11.9. The molecule has 1 aromatic carbocycles. The van der Waals surface area contributed by atoms with Gasteiger partial charge in [-0.1, -0.05) is 12.1 Å². The van der Waals surface area contributed by atoms with Crippen LogP contribution in [-0.2, 0) is 0 Å². The second-order valence-electron chi connectivity index (χ2n) is 4.51. The molecule has 0 aromatic heterocycles. The van der Waals surface area contributed by atoms with Crippen molar-refractivity contribution in [3.8, 4) is 0 Å². The molecule has 3 N–H and O–H groups in total. The molecule has 1 aliphatic rings. The molecule has 2 amide bonds. The average Bonchev–Trinajstić information content (AvgIpc) is 2.30. The van der Waals surface area contributed by atoms with Crippen molar-refractivity contribution in [1.82, 2.24) is 10.6 Å². The Hall–Kier alpha value is -1.55. The van der Waals surface area contributed by atoms with Crippen LogP contribution in [-0.4, -0.2) is 25.2 Å². The van der Waals surface area contributed by atoms with E-state index in [-0.39, 0.29) is 12.1 Å². The van der Waals surface area contributed by atoms with E-state index < -0.39 is 0 Å². The van der Waals surface area contributed by atoms with E-state index in [4.69, 9.17) is 0 Å². The third-order valence-corrected chi connectivity index (χ3v) is 2.91. The number of aryl methyl sites for hydroxylation is 1. The van der Waals surface area contributed by atoms with Crippen LogP contribution in [0.25, 0.3) is 0 Å². The number of rotatable bonds is 2. The molecule has 1 aliphatic heterocycles. The number of hydrogen-bond donors (Lipinski definition) is 3. The Morgan fingerprint density at radius 3 is 3.06 bits per heavy atom. The highest BCUT2D eigenvalue weighted by Gasteiger charge is 2.14. The SMILES string of the molecule is Cc1cccc(NC(=O)NC2CCCNC2)c1. The minimum Gasteiger partial charge on any atom is -0.334 e. The van der Waals surface area contributed by atoms with Gasteiger partial charge in [0.05, 0.1) is 0 Å². The Bertz CT molecular complexity index is 386. The van der Waals surface area contributed by atoms with Gasteiger partial charge in [0.2, 0.25) is 0 Å². The first-order chi connectivity index (χ1) is 8.24. The van der Waals surface area contributed by atoms with Crippen molar-refractivity contribution in [1.29, 1.82) is 0 Å². The van der Waals surface area contributed by atoms with Gasteiger partial charge < -0.3 is 16.0 Å². The van der Waals surface area contributed by atoms with Gasteiger partial charge in [0, 0.05) is 18.3 Å². The van der Waals surface area contributed by atoms with Gasteiger partial charge in [0.1, 0.15) is 0 Å². The highest BCUT2D eigenvalue weighted by atomic mass is 16.2. The van der Waals surface area contributed by atoms with Crippen LogP contribution in [0.1, 0.15) is 18.4 Å². The molecule has 92 valence electrons. The molecule has 1 unspecified atom stereocenters. The summed E-state index contributed by atoms with van der Waals surface area (Å²) in [7, 11) is 0. The first-order valence-corrected chi connectivity index (χ1v) is 6.09. The lowest BCUT2D eigenvalue weighted by Gasteiger charge is -2.23. The lowest BCUT2D eigenvalue weighted by molar-refractivity contribution is 0.245. The van der Waals surface area contributed by atoms with E-state index in [2.05, 4.69) is 16.0 Å². The lowest BCUT2D eigenvalue weighted by Crippen LogP contribution is -2.47. The Balaban J connectivity index is 1.84. The van der Waals surface area contributed by atoms with Crippen LogP contribution >= 0.6 is 0 Å². The molecule has 2 rings (SSSR count). The zero-order valence-corrected chi connectivity index (χ0v) is 10.1. The summed E-state index contributed by atoms with van der Waals surface area (Å²) in [5, 5.41) is 9.10. The number of anilines is 1. The van der Waals surface area contributed by atoms with Crippen LogP contribution in [0, 0.1) is 6.92 Å². The fourth-order valence-corrected chi connectivity index (χ4v) is 2.05. The predicted molar refractivity (Wildman–Crippen MR) is 69.2 cm³/mol. The highest BCUT2D eigenvalue weighted by molar-refractivity contribution is 5.89. The maximum Gasteiger partial charge on any atom is 0.319 e. The smallest absolute Gasteiger partial charge is 0.319 e. The summed E-state index contributed by atoms with van der Waals surface area (Å²) in [5.74, 6) is 0. The predicted octanol–water partition coefficient (Wildman–Crippen LogP) is 1.87. The van der Waals surface area contributed by atoms with Crippen molar-refractivity contribution in [2.75, 3.05) is 18.4 Å². The summed E-state index contributed by atoms with van der Waals surface area (Å²) in [5.41, 5.74) is 1.98. The number of carbonyl (C=O) groups excluding carboxylic acids is 1. The molecule has 1 atom stereocenters. The molecular formula is C13H19N3O. The number of piperidine rings is 1. The number of urea groups is 1. The van der Waals surface area contributed by atoms with Gasteiger partial charge in [0.15, 0.2) is 0 Å². The van der Waals surface area contributed by atoms with Crippen LogP contribution in [0.15, 0.2) is 24.3 Å². The molecule has 1 fully saturated rings. The van der Waals surface area contributed by atoms with E-state index in [0.717, 1.165) is 37.2 Å². The largest absolute Gasteiger partial charge is 0.334 e. The van der Waals surface area contributed by atoms with E-state index in [9.17, 15) is 4.79 Å². The summed E-state index contributed by atoms with van der Waals surface area (Å²) < 4.78 is 0. The third-order valence-electron chi connectivity index (χ3n) is 2.91. The lowest BCUT2D eigenvalue weighted by atomic mass is 10.1. The fourth-order valence-electron chi connectivity index (χ4n) is 2.05. The Morgan fingerprint density at radius 1 is 1.47 bits per heavy atom. The van der Waals surface area contributed by atoms with Crippen molar-refractivity contribution in [2.45, 2.75) is 25.8 Å². The molecule has 1 aromatic rings. The van der Waals surface area contributed by atoms with Crippen LogP contribution < -0.4 is 16.0 Å². The van der Waals surface area contributed by atoms with Crippen molar-refractivity contribution in [3.05, 3.63) is 29.8 Å². The average molecular weight is 233 g/mol. The van der Waals surface area contributed by atoms with Crippen molar-refractivity contribution in [2.24, 2.45) is 0 Å². The van der Waals surface area contributed by atoms with Crippen LogP contribution in [0.5, 0.6) is 0 Å². The van der Waals surface area contributed by atoms with E-state index >= 15 is 0 Å². The molecule has 0 radical (unpaired) electrons. The molecule has 0 aliphatic carbocycles. The zero-order chi connectivity index (χ0) is 12.1. The number of nitrogens with one attached hydrogen (secondary N) is 3. The maximum atomic E-state index is 11.7. The monoisotopic (exact) mass is 233 g/mol. The van der Waals surface area contributed by atoms with E-state index in [0.29, 0.717) is 0 Å². The number of benzene rings is 1. The minimum atomic E-state index is -0.121.